The van der Waals surface area contributed by atoms with E-state index in [9.17, 15) is 9.18 Å². The second-order valence-electron chi connectivity index (χ2n) is 8.02. The highest BCUT2D eigenvalue weighted by Gasteiger charge is 2.42. The fraction of sp³-hybridized carbons (Fsp3) is 0.231. The molecule has 0 heterocycles. The van der Waals surface area contributed by atoms with Gasteiger partial charge in [-0.05, 0) is 42.8 Å². The molecule has 0 aliphatic heterocycles. The number of carbonyl (C=O) groups is 1. The highest BCUT2D eigenvalue weighted by Crippen LogP contribution is 2.36. The average molecular weight is 517 g/mol. The summed E-state index contributed by atoms with van der Waals surface area (Å²) in [4.78, 5) is 12.8. The van der Waals surface area contributed by atoms with E-state index in [1.807, 2.05) is 0 Å². The van der Waals surface area contributed by atoms with E-state index in [0.717, 1.165) is 6.07 Å². The van der Waals surface area contributed by atoms with E-state index >= 15 is 4.39 Å². The lowest BCUT2D eigenvalue weighted by Crippen LogP contribution is -2.46. The first-order valence-electron chi connectivity index (χ1n) is 11.0. The van der Waals surface area contributed by atoms with Gasteiger partial charge in [0.05, 0.1) is 7.11 Å². The summed E-state index contributed by atoms with van der Waals surface area (Å²) >= 11 is 5.84. The van der Waals surface area contributed by atoms with E-state index < -0.39 is 23.1 Å². The van der Waals surface area contributed by atoms with Crippen LogP contribution in [0.5, 0.6) is 5.75 Å². The number of hydrogen-bond donors (Lipinski definition) is 4. The zero-order valence-corrected chi connectivity index (χ0v) is 20.6. The molecule has 6 N–H and O–H groups in total. The van der Waals surface area contributed by atoms with E-state index in [-0.39, 0.29) is 41.7 Å². The lowest BCUT2D eigenvalue weighted by molar-refractivity contribution is -0.145. The van der Waals surface area contributed by atoms with Gasteiger partial charge in [0, 0.05) is 53.0 Å². The molecule has 0 radical (unpaired) electrons. The van der Waals surface area contributed by atoms with Gasteiger partial charge in [0.25, 0.3) is 5.91 Å². The molecule has 190 valence electrons. The van der Waals surface area contributed by atoms with E-state index in [1.165, 1.54) is 25.3 Å². The number of benzene rings is 3. The normalized spacial score (nSPS) is 12.6. The number of primary amides is 1. The lowest BCUT2D eigenvalue weighted by atomic mass is 9.84. The number of carbonyl (C=O) groups excluding carboxylic acids is 1. The highest BCUT2D eigenvalue weighted by atomic mass is 35.5. The van der Waals surface area contributed by atoms with Crippen LogP contribution in [-0.4, -0.2) is 25.5 Å². The maximum absolute atomic E-state index is 15.2. The number of amides is 1. The van der Waals surface area contributed by atoms with Gasteiger partial charge in [-0.3, -0.25) is 10.2 Å². The number of halogens is 3. The van der Waals surface area contributed by atoms with Crippen molar-refractivity contribution in [2.75, 3.05) is 19.0 Å². The van der Waals surface area contributed by atoms with Crippen LogP contribution < -0.4 is 21.5 Å². The fourth-order valence-electron chi connectivity index (χ4n) is 3.90. The maximum Gasteiger partial charge on any atom is 0.254 e. The molecule has 0 saturated carbocycles. The van der Waals surface area contributed by atoms with Crippen LogP contribution in [0, 0.1) is 17.0 Å². The predicted octanol–water partition coefficient (Wildman–Crippen LogP) is 4.48. The lowest BCUT2D eigenvalue weighted by Gasteiger charge is -2.32. The summed E-state index contributed by atoms with van der Waals surface area (Å²) in [6.07, 6.45) is -0.150. The Bertz CT molecular complexity index is 1290. The minimum atomic E-state index is -1.86. The predicted molar refractivity (Wildman–Crippen MR) is 135 cm³/mol. The van der Waals surface area contributed by atoms with Crippen LogP contribution in [0.4, 0.5) is 14.5 Å². The molecule has 0 bridgehead atoms. The molecule has 10 heteroatoms. The quantitative estimate of drug-likeness (QED) is 0.221. The number of nitrogen functional groups attached to an aromatic ring is 1. The monoisotopic (exact) mass is 516 g/mol. The molecule has 36 heavy (non-hydrogen) atoms. The highest BCUT2D eigenvalue weighted by molar-refractivity contribution is 6.30. The summed E-state index contributed by atoms with van der Waals surface area (Å²) < 4.78 is 40.4. The molecule has 1 unspecified atom stereocenters. The van der Waals surface area contributed by atoms with E-state index in [1.54, 1.807) is 37.3 Å². The molecule has 0 spiro atoms. The molecule has 3 rings (SSSR count). The van der Waals surface area contributed by atoms with Gasteiger partial charge in [-0.2, -0.15) is 0 Å². The van der Waals surface area contributed by atoms with Crippen molar-refractivity contribution in [3.8, 4) is 5.75 Å². The summed E-state index contributed by atoms with van der Waals surface area (Å²) in [5.41, 5.74) is 11.2. The van der Waals surface area contributed by atoms with Gasteiger partial charge in [-0.1, -0.05) is 29.8 Å². The SMILES string of the molecule is CCOC(Cc1ccc(C(=N)N)cc1NCc1ccc(Cl)cc1F)(C(N)=O)c1ccc(OC)cc1F. The number of amidine groups is 1. The Morgan fingerprint density at radius 2 is 1.78 bits per heavy atom. The van der Waals surface area contributed by atoms with Crippen LogP contribution in [0.2, 0.25) is 5.02 Å². The molecule has 0 fully saturated rings. The van der Waals surface area contributed by atoms with Crippen molar-refractivity contribution in [2.24, 2.45) is 11.5 Å². The van der Waals surface area contributed by atoms with Crippen molar-refractivity contribution in [1.82, 2.24) is 0 Å². The molecular weight excluding hydrogens is 490 g/mol. The van der Waals surface area contributed by atoms with Crippen LogP contribution in [0.3, 0.4) is 0 Å². The van der Waals surface area contributed by atoms with Crippen molar-refractivity contribution in [3.05, 3.63) is 93.5 Å². The van der Waals surface area contributed by atoms with Crippen LogP contribution in [0.1, 0.15) is 29.2 Å². The van der Waals surface area contributed by atoms with Gasteiger partial charge in [-0.25, -0.2) is 8.78 Å². The first-order chi connectivity index (χ1) is 17.1. The summed E-state index contributed by atoms with van der Waals surface area (Å²) in [6.45, 7) is 1.80. The molecule has 0 aliphatic carbocycles. The van der Waals surface area contributed by atoms with Crippen molar-refractivity contribution < 1.29 is 23.0 Å². The van der Waals surface area contributed by atoms with Crippen LogP contribution in [0.15, 0.2) is 54.6 Å². The van der Waals surface area contributed by atoms with Gasteiger partial charge in [0.1, 0.15) is 23.2 Å². The Hall–Kier alpha value is -3.69. The van der Waals surface area contributed by atoms with E-state index in [2.05, 4.69) is 5.32 Å². The second kappa shape index (κ2) is 11.4. The van der Waals surface area contributed by atoms with E-state index in [4.69, 9.17) is 38.0 Å². The van der Waals surface area contributed by atoms with Crippen LogP contribution in [0.25, 0.3) is 0 Å². The molecule has 7 nitrogen and oxygen atoms in total. The zero-order valence-electron chi connectivity index (χ0n) is 19.8. The Morgan fingerprint density at radius 1 is 1.06 bits per heavy atom. The minimum absolute atomic E-state index is 0.0528. The van der Waals surface area contributed by atoms with Crippen LogP contribution >= 0.6 is 11.6 Å². The van der Waals surface area contributed by atoms with Crippen molar-refractivity contribution in [1.29, 1.82) is 5.41 Å². The third kappa shape index (κ3) is 5.75. The largest absolute Gasteiger partial charge is 0.497 e. The number of methoxy groups -OCH3 is 1. The van der Waals surface area contributed by atoms with Gasteiger partial charge >= 0.3 is 0 Å². The average Bonchev–Trinajstić information content (AvgIpc) is 2.83. The van der Waals surface area contributed by atoms with Gasteiger partial charge in [0.15, 0.2) is 5.60 Å². The third-order valence-electron chi connectivity index (χ3n) is 5.74. The molecule has 0 saturated heterocycles. The number of nitrogens with one attached hydrogen (secondary N) is 2. The molecule has 1 atom stereocenters. The Balaban J connectivity index is 2.08. The summed E-state index contributed by atoms with van der Waals surface area (Å²) in [7, 11) is 1.40. The second-order valence-corrected chi connectivity index (χ2v) is 8.46. The smallest absolute Gasteiger partial charge is 0.254 e. The molecular formula is C26H27ClF2N4O3. The Morgan fingerprint density at radius 3 is 2.36 bits per heavy atom. The first-order valence-corrected chi connectivity index (χ1v) is 11.4. The Labute approximate surface area is 212 Å². The standard InChI is InChI=1S/C26H27ClF2N4O3/c1-3-36-26(25(32)34,20-9-8-19(35-2)12-22(20)29)13-16-5-4-15(24(30)31)10-23(16)33-14-17-6-7-18(27)11-21(17)28/h4-12,33H,3,13-14H2,1-2H3,(H3,30,31)(H2,32,34). The third-order valence-corrected chi connectivity index (χ3v) is 5.98. The number of anilines is 1. The van der Waals surface area contributed by atoms with Crippen molar-refractivity contribution in [3.63, 3.8) is 0 Å². The molecule has 0 aliphatic rings. The zero-order chi connectivity index (χ0) is 26.5. The summed E-state index contributed by atoms with van der Waals surface area (Å²) in [5.74, 6) is -2.03. The van der Waals surface area contributed by atoms with Gasteiger partial charge in [-0.15, -0.1) is 0 Å². The summed E-state index contributed by atoms with van der Waals surface area (Å²) in [5, 5.41) is 11.2. The molecule has 3 aromatic carbocycles. The molecule has 3 aromatic rings. The van der Waals surface area contributed by atoms with Crippen molar-refractivity contribution in [2.45, 2.75) is 25.5 Å². The van der Waals surface area contributed by atoms with E-state index in [0.29, 0.717) is 22.4 Å². The molecule has 0 aromatic heterocycles. The number of hydrogen-bond acceptors (Lipinski definition) is 5. The number of nitrogens with two attached hydrogens (primary N) is 2. The van der Waals surface area contributed by atoms with Crippen molar-refractivity contribution >= 4 is 29.0 Å². The number of ether oxygens (including phenoxy) is 2. The Kier molecular flexibility index (Phi) is 8.49. The minimum Gasteiger partial charge on any atom is -0.497 e. The topological polar surface area (TPSA) is 123 Å². The number of rotatable bonds is 11. The van der Waals surface area contributed by atoms with Gasteiger partial charge < -0.3 is 26.3 Å². The summed E-state index contributed by atoms with van der Waals surface area (Å²) in [6, 6.07) is 13.2. The fourth-order valence-corrected chi connectivity index (χ4v) is 4.06. The van der Waals surface area contributed by atoms with Gasteiger partial charge in [0.2, 0.25) is 0 Å². The van der Waals surface area contributed by atoms with Crippen LogP contribution in [-0.2, 0) is 28.1 Å². The molecule has 1 amide bonds. The maximum atomic E-state index is 15.2. The first kappa shape index (κ1) is 26.9.